The second-order valence-corrected chi connectivity index (χ2v) is 5.72. The summed E-state index contributed by atoms with van der Waals surface area (Å²) in [5.41, 5.74) is 2.68. The van der Waals surface area contributed by atoms with E-state index in [9.17, 15) is 4.79 Å². The van der Waals surface area contributed by atoms with Gasteiger partial charge in [-0.25, -0.2) is 0 Å². The molecule has 0 fully saturated rings. The first-order valence-corrected chi connectivity index (χ1v) is 7.13. The number of benzene rings is 1. The molecule has 1 aliphatic rings. The third-order valence-electron chi connectivity index (χ3n) is 3.93. The fourth-order valence-electron chi connectivity index (χ4n) is 2.91. The van der Waals surface area contributed by atoms with Crippen molar-refractivity contribution in [3.8, 4) is 0 Å². The van der Waals surface area contributed by atoms with E-state index in [1.165, 1.54) is 11.1 Å². The van der Waals surface area contributed by atoms with E-state index in [2.05, 4.69) is 11.4 Å². The number of nitrogens with one attached hydrogen (secondary N) is 1. The van der Waals surface area contributed by atoms with Gasteiger partial charge in [-0.2, -0.15) is 0 Å². The third-order valence-corrected chi connectivity index (χ3v) is 3.93. The number of hydrogen-bond acceptors (Lipinski definition) is 3. The van der Waals surface area contributed by atoms with E-state index in [4.69, 9.17) is 9.84 Å². The Kier molecular flexibility index (Phi) is 4.78. The molecule has 1 aromatic carbocycles. The van der Waals surface area contributed by atoms with Gasteiger partial charge in [0.1, 0.15) is 0 Å². The fraction of sp³-hybridized carbons (Fsp3) is 0.562. The molecule has 1 aromatic rings. The Labute approximate surface area is 120 Å². The fourth-order valence-corrected chi connectivity index (χ4v) is 2.91. The summed E-state index contributed by atoms with van der Waals surface area (Å²) in [6.45, 7) is 2.30. The van der Waals surface area contributed by atoms with Gasteiger partial charge in [-0.05, 0) is 49.8 Å². The smallest absolute Gasteiger partial charge is 0.252 e. The van der Waals surface area contributed by atoms with Crippen LogP contribution >= 0.6 is 0 Å². The number of carbonyl (C=O) groups is 1. The normalized spacial score (nSPS) is 16.6. The minimum Gasteiger partial charge on any atom is -0.396 e. The molecule has 4 nitrogen and oxygen atoms in total. The second kappa shape index (κ2) is 6.37. The summed E-state index contributed by atoms with van der Waals surface area (Å²) >= 11 is 0. The number of aliphatic hydroxyl groups is 1. The van der Waals surface area contributed by atoms with Gasteiger partial charge in [-0.15, -0.1) is 0 Å². The van der Waals surface area contributed by atoms with Crippen LogP contribution in [0.4, 0.5) is 0 Å². The Bertz CT molecular complexity index is 479. The molecule has 0 aliphatic heterocycles. The molecule has 0 saturated carbocycles. The van der Waals surface area contributed by atoms with Crippen LogP contribution in [0.3, 0.4) is 0 Å². The molecule has 1 aliphatic carbocycles. The van der Waals surface area contributed by atoms with E-state index in [0.29, 0.717) is 13.0 Å². The van der Waals surface area contributed by atoms with Crippen LogP contribution in [0.2, 0.25) is 0 Å². The number of rotatable bonds is 6. The zero-order valence-electron chi connectivity index (χ0n) is 12.2. The van der Waals surface area contributed by atoms with Crippen molar-refractivity contribution in [3.05, 3.63) is 34.9 Å². The van der Waals surface area contributed by atoms with Gasteiger partial charge in [0, 0.05) is 19.3 Å². The van der Waals surface area contributed by atoms with Gasteiger partial charge in [0.2, 0.25) is 0 Å². The summed E-state index contributed by atoms with van der Waals surface area (Å²) in [7, 11) is 1.60. The highest BCUT2D eigenvalue weighted by molar-refractivity contribution is 5.96. The van der Waals surface area contributed by atoms with E-state index in [1.807, 2.05) is 19.1 Å². The Morgan fingerprint density at radius 1 is 1.45 bits per heavy atom. The van der Waals surface area contributed by atoms with E-state index >= 15 is 0 Å². The zero-order chi connectivity index (χ0) is 14.6. The van der Waals surface area contributed by atoms with Crippen molar-refractivity contribution >= 4 is 5.91 Å². The molecular weight excluding hydrogens is 254 g/mol. The summed E-state index contributed by atoms with van der Waals surface area (Å²) < 4.78 is 5.16. The number of hydrogen-bond donors (Lipinski definition) is 2. The molecule has 0 heterocycles. The number of fused-ring (bicyclic) bond motifs is 1. The van der Waals surface area contributed by atoms with E-state index in [0.717, 1.165) is 24.8 Å². The lowest BCUT2D eigenvalue weighted by Crippen LogP contribution is -2.50. The van der Waals surface area contributed by atoms with E-state index in [-0.39, 0.29) is 12.5 Å². The summed E-state index contributed by atoms with van der Waals surface area (Å²) in [6, 6.07) is 5.92. The maximum absolute atomic E-state index is 12.5. The highest BCUT2D eigenvalue weighted by Crippen LogP contribution is 2.25. The molecular formula is C16H23NO3. The minimum absolute atomic E-state index is 0.0209. The first kappa shape index (κ1) is 15.0. The van der Waals surface area contributed by atoms with Crippen LogP contribution in [0.1, 0.15) is 41.3 Å². The van der Waals surface area contributed by atoms with Crippen molar-refractivity contribution in [2.24, 2.45) is 0 Å². The number of carbonyl (C=O) groups excluding carboxylic acids is 1. The van der Waals surface area contributed by atoms with Crippen LogP contribution < -0.4 is 5.32 Å². The van der Waals surface area contributed by atoms with Crippen LogP contribution in [0.15, 0.2) is 18.2 Å². The average Bonchev–Trinajstić information content (AvgIpc) is 2.86. The Morgan fingerprint density at radius 2 is 2.25 bits per heavy atom. The van der Waals surface area contributed by atoms with Gasteiger partial charge in [-0.1, -0.05) is 12.1 Å². The summed E-state index contributed by atoms with van der Waals surface area (Å²) in [5, 5.41) is 12.2. The van der Waals surface area contributed by atoms with Crippen LogP contribution in [0.25, 0.3) is 0 Å². The maximum Gasteiger partial charge on any atom is 0.252 e. The van der Waals surface area contributed by atoms with Gasteiger partial charge in [0.05, 0.1) is 12.1 Å². The van der Waals surface area contributed by atoms with Gasteiger partial charge in [-0.3, -0.25) is 4.79 Å². The van der Waals surface area contributed by atoms with E-state index < -0.39 is 5.54 Å². The molecule has 0 saturated heterocycles. The van der Waals surface area contributed by atoms with E-state index in [1.54, 1.807) is 7.11 Å². The lowest BCUT2D eigenvalue weighted by molar-refractivity contribution is 0.0725. The molecule has 2 N–H and O–H groups in total. The third kappa shape index (κ3) is 3.19. The van der Waals surface area contributed by atoms with Crippen molar-refractivity contribution in [1.29, 1.82) is 0 Å². The molecule has 4 heteroatoms. The molecule has 0 unspecified atom stereocenters. The summed E-state index contributed by atoms with van der Waals surface area (Å²) in [5.74, 6) is -0.0725. The standard InChI is InChI=1S/C16H23NO3/c1-16(9-10-18,11-20-2)17-15(19)14-8-4-6-12-5-3-7-13(12)14/h4,6,8,18H,3,5,7,9-11H2,1-2H3,(H,17,19)/t16-/m0/s1. The number of methoxy groups -OCH3 is 1. The first-order chi connectivity index (χ1) is 9.59. The number of aliphatic hydroxyl groups excluding tert-OH is 1. The monoisotopic (exact) mass is 277 g/mol. The zero-order valence-corrected chi connectivity index (χ0v) is 12.2. The minimum atomic E-state index is -0.540. The predicted octanol–water partition coefficient (Wildman–Crippen LogP) is 1.69. The molecule has 1 amide bonds. The van der Waals surface area contributed by atoms with Crippen LogP contribution in [-0.2, 0) is 17.6 Å². The highest BCUT2D eigenvalue weighted by atomic mass is 16.5. The molecule has 2 rings (SSSR count). The number of amides is 1. The molecule has 0 bridgehead atoms. The second-order valence-electron chi connectivity index (χ2n) is 5.72. The lowest BCUT2D eigenvalue weighted by Gasteiger charge is -2.29. The van der Waals surface area contributed by atoms with Crippen molar-refractivity contribution < 1.29 is 14.6 Å². The molecule has 0 spiro atoms. The van der Waals surface area contributed by atoms with Crippen LogP contribution in [0, 0.1) is 0 Å². The Morgan fingerprint density at radius 3 is 2.95 bits per heavy atom. The molecule has 110 valence electrons. The lowest BCUT2D eigenvalue weighted by atomic mass is 9.97. The quantitative estimate of drug-likeness (QED) is 0.832. The SMILES string of the molecule is COC[C@](C)(CCO)NC(=O)c1cccc2c1CCC2. The van der Waals surface area contributed by atoms with Gasteiger partial charge in [0.25, 0.3) is 5.91 Å². The summed E-state index contributed by atoms with van der Waals surface area (Å²) in [6.07, 6.45) is 3.62. The van der Waals surface area contributed by atoms with Gasteiger partial charge < -0.3 is 15.2 Å². The number of aryl methyl sites for hydroxylation is 1. The Balaban J connectivity index is 2.17. The van der Waals surface area contributed by atoms with Crippen molar-refractivity contribution in [2.75, 3.05) is 20.3 Å². The molecule has 0 radical (unpaired) electrons. The first-order valence-electron chi connectivity index (χ1n) is 7.13. The largest absolute Gasteiger partial charge is 0.396 e. The molecule has 0 aromatic heterocycles. The van der Waals surface area contributed by atoms with Gasteiger partial charge >= 0.3 is 0 Å². The summed E-state index contributed by atoms with van der Waals surface area (Å²) in [4.78, 5) is 12.5. The van der Waals surface area contributed by atoms with Crippen molar-refractivity contribution in [1.82, 2.24) is 5.32 Å². The molecule has 1 atom stereocenters. The van der Waals surface area contributed by atoms with Crippen LogP contribution in [-0.4, -0.2) is 36.9 Å². The topological polar surface area (TPSA) is 58.6 Å². The maximum atomic E-state index is 12.5. The molecule has 20 heavy (non-hydrogen) atoms. The predicted molar refractivity (Wildman–Crippen MR) is 77.9 cm³/mol. The Hall–Kier alpha value is -1.39. The average molecular weight is 277 g/mol. The number of ether oxygens (including phenoxy) is 1. The van der Waals surface area contributed by atoms with Crippen LogP contribution in [0.5, 0.6) is 0 Å². The highest BCUT2D eigenvalue weighted by Gasteiger charge is 2.28. The van der Waals surface area contributed by atoms with Crippen molar-refractivity contribution in [3.63, 3.8) is 0 Å². The van der Waals surface area contributed by atoms with Gasteiger partial charge in [0.15, 0.2) is 0 Å². The van der Waals surface area contributed by atoms with Crippen molar-refractivity contribution in [2.45, 2.75) is 38.1 Å².